The zero-order valence-electron chi connectivity index (χ0n) is 10.7. The van der Waals surface area contributed by atoms with Gasteiger partial charge in [0.25, 0.3) is 0 Å². The van der Waals surface area contributed by atoms with E-state index in [0.717, 1.165) is 5.01 Å². The summed E-state index contributed by atoms with van der Waals surface area (Å²) in [7, 11) is 1.39. The number of aromatic hydroxyl groups is 1. The number of rotatable bonds is 7. The lowest BCUT2D eigenvalue weighted by atomic mass is 10.2. The van der Waals surface area contributed by atoms with Gasteiger partial charge in [0.2, 0.25) is 0 Å². The van der Waals surface area contributed by atoms with E-state index < -0.39 is 25.0 Å². The number of ether oxygens (including phenoxy) is 1. The first-order valence-corrected chi connectivity index (χ1v) is 5.52. The monoisotopic (exact) mass is 282 g/mol. The van der Waals surface area contributed by atoms with E-state index >= 15 is 0 Å². The Morgan fingerprint density at radius 1 is 1.30 bits per heavy atom. The molecule has 1 rings (SSSR count). The summed E-state index contributed by atoms with van der Waals surface area (Å²) in [4.78, 5) is 21.2. The quantitative estimate of drug-likeness (QED) is 0.483. The molecule has 0 aliphatic rings. The second kappa shape index (κ2) is 6.98. The molecule has 0 bridgehead atoms. The molecule has 0 saturated carbocycles. The van der Waals surface area contributed by atoms with Gasteiger partial charge in [0.05, 0.1) is 13.3 Å². The van der Waals surface area contributed by atoms with Crippen LogP contribution in [0.4, 0.5) is 0 Å². The van der Waals surface area contributed by atoms with Gasteiger partial charge in [-0.1, -0.05) is 0 Å². The Balaban J connectivity index is 2.85. The molecule has 0 radical (unpaired) electrons. The smallest absolute Gasteiger partial charge is 0.324 e. The highest BCUT2D eigenvalue weighted by atomic mass is 16.5. The van der Waals surface area contributed by atoms with Crippen molar-refractivity contribution < 1.29 is 29.6 Å². The Morgan fingerprint density at radius 3 is 2.40 bits per heavy atom. The fourth-order valence-corrected chi connectivity index (χ4v) is 1.37. The predicted molar refractivity (Wildman–Crippen MR) is 69.1 cm³/mol. The SMILES string of the molecule is COc1cc(/C=N\N(CC(=O)O)CC(=O)O)ccc1O. The van der Waals surface area contributed by atoms with Gasteiger partial charge in [0, 0.05) is 0 Å². The zero-order valence-corrected chi connectivity index (χ0v) is 10.7. The summed E-state index contributed by atoms with van der Waals surface area (Å²) >= 11 is 0. The van der Waals surface area contributed by atoms with Crippen LogP contribution in [0.15, 0.2) is 23.3 Å². The number of carboxylic acids is 2. The largest absolute Gasteiger partial charge is 0.504 e. The summed E-state index contributed by atoms with van der Waals surface area (Å²) in [6.07, 6.45) is 1.29. The van der Waals surface area contributed by atoms with Gasteiger partial charge in [-0.15, -0.1) is 0 Å². The second-order valence-electron chi connectivity index (χ2n) is 3.79. The average molecular weight is 282 g/mol. The molecule has 0 heterocycles. The van der Waals surface area contributed by atoms with E-state index in [4.69, 9.17) is 14.9 Å². The molecule has 0 atom stereocenters. The van der Waals surface area contributed by atoms with Crippen LogP contribution in [-0.2, 0) is 9.59 Å². The Bertz CT molecular complexity index is 513. The van der Waals surface area contributed by atoms with E-state index in [9.17, 15) is 14.7 Å². The molecule has 0 aromatic heterocycles. The van der Waals surface area contributed by atoms with Crippen LogP contribution in [0.25, 0.3) is 0 Å². The number of carboxylic acid groups (broad SMARTS) is 2. The molecule has 8 nitrogen and oxygen atoms in total. The number of phenolic OH excluding ortho intramolecular Hbond substituents is 1. The predicted octanol–water partition coefficient (Wildman–Crippen LogP) is 0.206. The molecule has 0 saturated heterocycles. The first-order valence-electron chi connectivity index (χ1n) is 5.52. The summed E-state index contributed by atoms with van der Waals surface area (Å²) in [5.41, 5.74) is 0.528. The summed E-state index contributed by atoms with van der Waals surface area (Å²) in [6, 6.07) is 4.40. The summed E-state index contributed by atoms with van der Waals surface area (Å²) < 4.78 is 4.91. The lowest BCUT2D eigenvalue weighted by Crippen LogP contribution is -2.30. The highest BCUT2D eigenvalue weighted by molar-refractivity contribution is 5.81. The van der Waals surface area contributed by atoms with Crippen molar-refractivity contribution in [1.29, 1.82) is 0 Å². The van der Waals surface area contributed by atoms with Crippen LogP contribution in [-0.4, -0.2) is 58.7 Å². The molecule has 0 amide bonds. The van der Waals surface area contributed by atoms with E-state index in [1.165, 1.54) is 31.5 Å². The third-order valence-corrected chi connectivity index (χ3v) is 2.21. The Morgan fingerprint density at radius 2 is 1.90 bits per heavy atom. The lowest BCUT2D eigenvalue weighted by Gasteiger charge is -2.13. The summed E-state index contributed by atoms with van der Waals surface area (Å²) in [5.74, 6) is -2.19. The molecule has 20 heavy (non-hydrogen) atoms. The van der Waals surface area contributed by atoms with Crippen LogP contribution in [0, 0.1) is 0 Å². The molecule has 8 heteroatoms. The van der Waals surface area contributed by atoms with Crippen molar-refractivity contribution in [1.82, 2.24) is 5.01 Å². The fourth-order valence-electron chi connectivity index (χ4n) is 1.37. The van der Waals surface area contributed by atoms with E-state index in [1.54, 1.807) is 0 Å². The number of carbonyl (C=O) groups is 2. The number of hydrogen-bond donors (Lipinski definition) is 3. The summed E-state index contributed by atoms with van der Waals surface area (Å²) in [6.45, 7) is -1.06. The average Bonchev–Trinajstić information content (AvgIpc) is 2.36. The van der Waals surface area contributed by atoms with Gasteiger partial charge in [-0.25, -0.2) is 0 Å². The minimum absolute atomic E-state index is 0.0439. The van der Waals surface area contributed by atoms with Crippen LogP contribution in [0.5, 0.6) is 11.5 Å². The molecule has 0 aliphatic carbocycles. The number of benzene rings is 1. The normalized spacial score (nSPS) is 10.4. The third-order valence-electron chi connectivity index (χ3n) is 2.21. The maximum Gasteiger partial charge on any atom is 0.324 e. The van der Waals surface area contributed by atoms with Crippen molar-refractivity contribution in [2.45, 2.75) is 0 Å². The molecule has 0 spiro atoms. The van der Waals surface area contributed by atoms with Gasteiger partial charge >= 0.3 is 11.9 Å². The Kier molecular flexibility index (Phi) is 5.33. The zero-order chi connectivity index (χ0) is 15.1. The topological polar surface area (TPSA) is 120 Å². The van der Waals surface area contributed by atoms with Crippen LogP contribution in [0.1, 0.15) is 5.56 Å². The number of aliphatic carboxylic acids is 2. The maximum absolute atomic E-state index is 10.6. The van der Waals surface area contributed by atoms with E-state index in [2.05, 4.69) is 5.10 Å². The maximum atomic E-state index is 10.6. The van der Waals surface area contributed by atoms with Crippen molar-refractivity contribution >= 4 is 18.2 Å². The molecule has 1 aromatic rings. The molecular weight excluding hydrogens is 268 g/mol. The van der Waals surface area contributed by atoms with Crippen LogP contribution < -0.4 is 4.74 Å². The minimum atomic E-state index is -1.19. The van der Waals surface area contributed by atoms with Crippen LogP contribution >= 0.6 is 0 Å². The van der Waals surface area contributed by atoms with Gasteiger partial charge in [0.1, 0.15) is 13.1 Å². The van der Waals surface area contributed by atoms with Crippen molar-refractivity contribution in [3.63, 3.8) is 0 Å². The fraction of sp³-hybridized carbons (Fsp3) is 0.250. The number of hydrazone groups is 1. The molecule has 0 aliphatic heterocycles. The third kappa shape index (κ3) is 4.84. The first-order chi connectivity index (χ1) is 9.42. The number of phenols is 1. The van der Waals surface area contributed by atoms with Crippen molar-refractivity contribution in [2.75, 3.05) is 20.2 Å². The van der Waals surface area contributed by atoms with E-state index in [-0.39, 0.29) is 11.5 Å². The van der Waals surface area contributed by atoms with Crippen LogP contribution in [0.3, 0.4) is 0 Å². The number of hydrogen-bond acceptors (Lipinski definition) is 6. The van der Waals surface area contributed by atoms with Crippen molar-refractivity contribution in [3.8, 4) is 11.5 Å². The van der Waals surface area contributed by atoms with Gasteiger partial charge in [-0.05, 0) is 23.8 Å². The molecular formula is C12H14N2O6. The van der Waals surface area contributed by atoms with Crippen LogP contribution in [0.2, 0.25) is 0 Å². The second-order valence-corrected chi connectivity index (χ2v) is 3.79. The highest BCUT2D eigenvalue weighted by Gasteiger charge is 2.10. The Labute approximate surface area is 114 Å². The number of methoxy groups -OCH3 is 1. The lowest BCUT2D eigenvalue weighted by molar-refractivity contribution is -0.141. The molecule has 108 valence electrons. The van der Waals surface area contributed by atoms with Gasteiger partial charge in [-0.3, -0.25) is 14.6 Å². The van der Waals surface area contributed by atoms with Gasteiger partial charge in [-0.2, -0.15) is 5.10 Å². The molecule has 0 unspecified atom stereocenters. The van der Waals surface area contributed by atoms with E-state index in [0.29, 0.717) is 5.56 Å². The Hall–Kier alpha value is -2.77. The highest BCUT2D eigenvalue weighted by Crippen LogP contribution is 2.25. The molecule has 1 aromatic carbocycles. The van der Waals surface area contributed by atoms with Crippen molar-refractivity contribution in [2.24, 2.45) is 5.10 Å². The van der Waals surface area contributed by atoms with E-state index in [1.807, 2.05) is 0 Å². The van der Waals surface area contributed by atoms with Gasteiger partial charge in [0.15, 0.2) is 11.5 Å². The molecule has 3 N–H and O–H groups in total. The first kappa shape index (κ1) is 15.3. The van der Waals surface area contributed by atoms with Crippen molar-refractivity contribution in [3.05, 3.63) is 23.8 Å². The summed E-state index contributed by atoms with van der Waals surface area (Å²) in [5, 5.41) is 31.4. The van der Waals surface area contributed by atoms with Gasteiger partial charge < -0.3 is 20.1 Å². The minimum Gasteiger partial charge on any atom is -0.504 e. The standard InChI is InChI=1S/C12H14N2O6/c1-20-10-4-8(2-3-9(10)15)5-13-14(6-11(16)17)7-12(18)19/h2-5,15H,6-7H2,1H3,(H,16,17)(H,18,19)/b13-5-. The molecule has 0 fully saturated rings. The number of nitrogens with zero attached hydrogens (tertiary/aromatic N) is 2.